The van der Waals surface area contributed by atoms with Crippen LogP contribution in [0.2, 0.25) is 0 Å². The lowest BCUT2D eigenvalue weighted by atomic mass is 9.89. The van der Waals surface area contributed by atoms with Gasteiger partial charge in [0.1, 0.15) is 0 Å². The highest BCUT2D eigenvalue weighted by atomic mass is 32.1. The molecule has 0 bridgehead atoms. The van der Waals surface area contributed by atoms with Gasteiger partial charge in [0.25, 0.3) is 0 Å². The monoisotopic (exact) mass is 729 g/mol. The van der Waals surface area contributed by atoms with Crippen molar-refractivity contribution in [3.63, 3.8) is 0 Å². The Morgan fingerprint density at radius 3 is 1.55 bits per heavy atom. The summed E-state index contributed by atoms with van der Waals surface area (Å²) < 4.78 is 2.61. The van der Waals surface area contributed by atoms with Gasteiger partial charge >= 0.3 is 0 Å². The zero-order chi connectivity index (χ0) is 37.0. The summed E-state index contributed by atoms with van der Waals surface area (Å²) in [6.07, 6.45) is 0. The third kappa shape index (κ3) is 5.54. The highest BCUT2D eigenvalue weighted by Gasteiger charge is 2.18. The molecule has 2 heteroatoms. The maximum atomic E-state index is 2.39. The van der Waals surface area contributed by atoms with Gasteiger partial charge in [0.05, 0.1) is 0 Å². The topological polar surface area (TPSA) is 3.24 Å². The van der Waals surface area contributed by atoms with Crippen LogP contribution in [0.25, 0.3) is 85.9 Å². The molecule has 0 spiro atoms. The fraction of sp³-hybridized carbons (Fsp3) is 0. The second-order valence-electron chi connectivity index (χ2n) is 14.5. The average molecular weight is 730 g/mol. The minimum Gasteiger partial charge on any atom is -0.310 e. The molecule has 11 rings (SSSR count). The van der Waals surface area contributed by atoms with E-state index in [1.165, 1.54) is 85.9 Å². The van der Waals surface area contributed by atoms with E-state index in [2.05, 4.69) is 217 Å². The first-order valence-corrected chi connectivity index (χ1v) is 20.0. The summed E-state index contributed by atoms with van der Waals surface area (Å²) in [5.41, 5.74) is 10.7. The van der Waals surface area contributed by atoms with Crippen molar-refractivity contribution < 1.29 is 0 Å². The van der Waals surface area contributed by atoms with Crippen LogP contribution in [-0.2, 0) is 0 Å². The molecule has 1 heterocycles. The van der Waals surface area contributed by atoms with Crippen molar-refractivity contribution in [2.24, 2.45) is 0 Å². The molecule has 0 aliphatic rings. The molecule has 0 atom stereocenters. The molecular formula is C54H35NS. The van der Waals surface area contributed by atoms with E-state index in [9.17, 15) is 0 Å². The summed E-state index contributed by atoms with van der Waals surface area (Å²) in [4.78, 5) is 2.39. The van der Waals surface area contributed by atoms with Crippen molar-refractivity contribution in [1.82, 2.24) is 0 Å². The summed E-state index contributed by atoms with van der Waals surface area (Å²) in [6.45, 7) is 0. The molecule has 262 valence electrons. The van der Waals surface area contributed by atoms with Gasteiger partial charge in [-0.3, -0.25) is 0 Å². The Balaban J connectivity index is 1.04. The molecule has 0 saturated heterocycles. The molecule has 0 saturated carbocycles. The zero-order valence-electron chi connectivity index (χ0n) is 30.6. The number of benzene rings is 10. The lowest BCUT2D eigenvalue weighted by Crippen LogP contribution is -2.09. The van der Waals surface area contributed by atoms with Crippen LogP contribution >= 0.6 is 11.3 Å². The van der Waals surface area contributed by atoms with E-state index < -0.39 is 0 Å². The molecule has 0 radical (unpaired) electrons. The van der Waals surface area contributed by atoms with E-state index in [-0.39, 0.29) is 0 Å². The molecule has 0 aliphatic heterocycles. The van der Waals surface area contributed by atoms with Crippen LogP contribution in [0.4, 0.5) is 17.1 Å². The lowest BCUT2D eigenvalue weighted by Gasteiger charge is -2.26. The molecule has 0 amide bonds. The van der Waals surface area contributed by atoms with Crippen molar-refractivity contribution in [2.45, 2.75) is 0 Å². The number of anilines is 3. The summed E-state index contributed by atoms with van der Waals surface area (Å²) in [6, 6.07) is 77.7. The number of nitrogens with zero attached hydrogens (tertiary/aromatic N) is 1. The predicted octanol–water partition coefficient (Wildman–Crippen LogP) is 16.0. The van der Waals surface area contributed by atoms with Gasteiger partial charge in [-0.25, -0.2) is 0 Å². The Morgan fingerprint density at radius 1 is 0.268 bits per heavy atom. The highest BCUT2D eigenvalue weighted by molar-refractivity contribution is 7.25. The van der Waals surface area contributed by atoms with Crippen LogP contribution in [0.3, 0.4) is 0 Å². The molecule has 1 aromatic heterocycles. The van der Waals surface area contributed by atoms with E-state index in [0.717, 1.165) is 17.1 Å². The fourth-order valence-electron chi connectivity index (χ4n) is 8.51. The Morgan fingerprint density at radius 2 is 0.804 bits per heavy atom. The number of hydrogen-bond donors (Lipinski definition) is 0. The normalized spacial score (nSPS) is 11.6. The molecule has 11 aromatic rings. The average Bonchev–Trinajstić information content (AvgIpc) is 3.63. The van der Waals surface area contributed by atoms with Crippen molar-refractivity contribution >= 4 is 80.9 Å². The third-order valence-electron chi connectivity index (χ3n) is 11.2. The van der Waals surface area contributed by atoms with Crippen LogP contribution in [0.1, 0.15) is 0 Å². The minimum absolute atomic E-state index is 1.11. The standard InChI is InChI=1S/C54H35NS/c1-2-12-36(13-3-1)37-22-26-42(27-23-37)55(44-30-31-53-52(35-44)51-32-39-14-4-5-15-40(39)34-54(51)56-53)43-28-24-38(25-29-43)45-17-8-9-20-48(45)50-33-41-16-6-7-18-46(41)47-19-10-11-21-49(47)50/h1-35H. The summed E-state index contributed by atoms with van der Waals surface area (Å²) in [5.74, 6) is 0. The summed E-state index contributed by atoms with van der Waals surface area (Å²) in [5, 5.41) is 10.2. The maximum absolute atomic E-state index is 2.39. The van der Waals surface area contributed by atoms with Gasteiger partial charge in [0.15, 0.2) is 0 Å². The second kappa shape index (κ2) is 13.4. The summed E-state index contributed by atoms with van der Waals surface area (Å²) in [7, 11) is 0. The van der Waals surface area contributed by atoms with Crippen molar-refractivity contribution in [1.29, 1.82) is 0 Å². The van der Waals surface area contributed by atoms with Gasteiger partial charge in [-0.2, -0.15) is 0 Å². The number of thiophene rings is 1. The van der Waals surface area contributed by atoms with Crippen LogP contribution in [-0.4, -0.2) is 0 Å². The first-order chi connectivity index (χ1) is 27.7. The first-order valence-electron chi connectivity index (χ1n) is 19.2. The molecule has 0 fully saturated rings. The van der Waals surface area contributed by atoms with Gasteiger partial charge in [0.2, 0.25) is 0 Å². The molecule has 56 heavy (non-hydrogen) atoms. The quantitative estimate of drug-likeness (QED) is 0.154. The zero-order valence-corrected chi connectivity index (χ0v) is 31.4. The highest BCUT2D eigenvalue weighted by Crippen LogP contribution is 2.44. The van der Waals surface area contributed by atoms with Gasteiger partial charge in [-0.05, 0) is 126 Å². The van der Waals surface area contributed by atoms with E-state index in [0.29, 0.717) is 0 Å². The largest absolute Gasteiger partial charge is 0.310 e. The van der Waals surface area contributed by atoms with E-state index >= 15 is 0 Å². The molecule has 1 nitrogen and oxygen atoms in total. The Labute approximate surface area is 330 Å². The number of hydrogen-bond acceptors (Lipinski definition) is 2. The van der Waals surface area contributed by atoms with Gasteiger partial charge in [0, 0.05) is 37.2 Å². The van der Waals surface area contributed by atoms with Crippen LogP contribution in [0.15, 0.2) is 212 Å². The number of fused-ring (bicyclic) bond motifs is 7. The first kappa shape index (κ1) is 32.4. The fourth-order valence-corrected chi connectivity index (χ4v) is 9.62. The molecular weight excluding hydrogens is 695 g/mol. The molecule has 0 unspecified atom stereocenters. The summed E-state index contributed by atoms with van der Waals surface area (Å²) >= 11 is 1.87. The molecule has 10 aromatic carbocycles. The Bertz CT molecular complexity index is 3230. The van der Waals surface area contributed by atoms with Crippen LogP contribution in [0.5, 0.6) is 0 Å². The van der Waals surface area contributed by atoms with Gasteiger partial charge in [-0.1, -0.05) is 152 Å². The van der Waals surface area contributed by atoms with Crippen molar-refractivity contribution in [3.8, 4) is 33.4 Å². The lowest BCUT2D eigenvalue weighted by molar-refractivity contribution is 1.29. The van der Waals surface area contributed by atoms with Crippen LogP contribution < -0.4 is 4.90 Å². The SMILES string of the molecule is c1ccc(-c2ccc(N(c3ccc(-c4ccccc4-c4cc5ccccc5c5ccccc45)cc3)c3ccc4sc5cc6ccccc6cc5c4c3)cc2)cc1. The molecule has 0 aliphatic carbocycles. The smallest absolute Gasteiger partial charge is 0.0468 e. The van der Waals surface area contributed by atoms with Crippen molar-refractivity contribution in [2.75, 3.05) is 4.90 Å². The van der Waals surface area contributed by atoms with Crippen LogP contribution in [0, 0.1) is 0 Å². The Hall–Kier alpha value is -7.00. The van der Waals surface area contributed by atoms with Gasteiger partial charge < -0.3 is 4.90 Å². The second-order valence-corrected chi connectivity index (χ2v) is 15.6. The van der Waals surface area contributed by atoms with E-state index in [1.807, 2.05) is 11.3 Å². The van der Waals surface area contributed by atoms with E-state index in [4.69, 9.17) is 0 Å². The van der Waals surface area contributed by atoms with Gasteiger partial charge in [-0.15, -0.1) is 11.3 Å². The van der Waals surface area contributed by atoms with Crippen molar-refractivity contribution in [3.05, 3.63) is 212 Å². The Kier molecular flexibility index (Phi) is 7.75. The predicted molar refractivity (Wildman–Crippen MR) is 243 cm³/mol. The maximum Gasteiger partial charge on any atom is 0.0468 e. The minimum atomic E-state index is 1.11. The molecule has 0 N–H and O–H groups in total. The van der Waals surface area contributed by atoms with E-state index in [1.54, 1.807) is 0 Å². The third-order valence-corrected chi connectivity index (χ3v) is 12.4. The number of rotatable bonds is 6.